The van der Waals surface area contributed by atoms with E-state index in [1.165, 1.54) is 0 Å². The molecule has 0 saturated heterocycles. The van der Waals surface area contributed by atoms with Crippen LogP contribution in [0.5, 0.6) is 0 Å². The molecule has 0 aliphatic heterocycles. The summed E-state index contributed by atoms with van der Waals surface area (Å²) in [6, 6.07) is 0. The van der Waals surface area contributed by atoms with Gasteiger partial charge >= 0.3 is 5.97 Å². The van der Waals surface area contributed by atoms with E-state index in [4.69, 9.17) is 10.5 Å². The molecule has 2 N–H and O–H groups in total. The lowest BCUT2D eigenvalue weighted by Crippen LogP contribution is -2.28. The molecule has 0 unspecified atom stereocenters. The molecule has 0 aromatic heterocycles. The van der Waals surface area contributed by atoms with Gasteiger partial charge in [0.25, 0.3) is 0 Å². The van der Waals surface area contributed by atoms with Gasteiger partial charge in [-0.15, -0.1) is 0 Å². The Kier molecular flexibility index (Phi) is 1.45. The SMILES string of the molecule is CCC(=O)OC1(N)CC1. The minimum absolute atomic E-state index is 0.199. The highest BCUT2D eigenvalue weighted by atomic mass is 16.6. The summed E-state index contributed by atoms with van der Waals surface area (Å²) in [7, 11) is 0. The molecule has 0 atom stereocenters. The van der Waals surface area contributed by atoms with Crippen LogP contribution in [0.4, 0.5) is 0 Å². The zero-order chi connectivity index (χ0) is 6.91. The second-order valence-electron chi connectivity index (χ2n) is 2.39. The average molecular weight is 129 g/mol. The van der Waals surface area contributed by atoms with Crippen LogP contribution < -0.4 is 5.73 Å². The molecule has 0 spiro atoms. The van der Waals surface area contributed by atoms with Crippen LogP contribution in [-0.4, -0.2) is 11.7 Å². The van der Waals surface area contributed by atoms with Crippen molar-refractivity contribution in [3.8, 4) is 0 Å². The predicted molar refractivity (Wildman–Crippen MR) is 32.5 cm³/mol. The van der Waals surface area contributed by atoms with E-state index in [0.29, 0.717) is 6.42 Å². The molecular formula is C6H11NO2. The van der Waals surface area contributed by atoms with Gasteiger partial charge in [0.15, 0.2) is 5.72 Å². The summed E-state index contributed by atoms with van der Waals surface area (Å²) in [5.74, 6) is -0.199. The quantitative estimate of drug-likeness (QED) is 0.433. The van der Waals surface area contributed by atoms with Crippen molar-refractivity contribution in [2.45, 2.75) is 31.9 Å². The van der Waals surface area contributed by atoms with Crippen LogP contribution in [0.3, 0.4) is 0 Å². The van der Waals surface area contributed by atoms with E-state index in [9.17, 15) is 4.79 Å². The van der Waals surface area contributed by atoms with Gasteiger partial charge in [-0.3, -0.25) is 10.5 Å². The molecule has 0 heterocycles. The number of ether oxygens (including phenoxy) is 1. The Morgan fingerprint density at radius 3 is 2.67 bits per heavy atom. The van der Waals surface area contributed by atoms with E-state index in [1.807, 2.05) is 0 Å². The van der Waals surface area contributed by atoms with Gasteiger partial charge in [0.2, 0.25) is 0 Å². The first-order valence-corrected chi connectivity index (χ1v) is 3.17. The van der Waals surface area contributed by atoms with Crippen molar-refractivity contribution in [1.82, 2.24) is 0 Å². The molecular weight excluding hydrogens is 118 g/mol. The normalized spacial score (nSPS) is 21.1. The molecule has 0 aromatic carbocycles. The first-order valence-electron chi connectivity index (χ1n) is 3.17. The molecule has 1 rings (SSSR count). The van der Waals surface area contributed by atoms with Crippen LogP contribution in [0.25, 0.3) is 0 Å². The van der Waals surface area contributed by atoms with Crippen molar-refractivity contribution in [2.75, 3.05) is 0 Å². The van der Waals surface area contributed by atoms with Crippen LogP contribution in [0.15, 0.2) is 0 Å². The van der Waals surface area contributed by atoms with Crippen LogP contribution in [0, 0.1) is 0 Å². The third kappa shape index (κ3) is 1.68. The van der Waals surface area contributed by atoms with Gasteiger partial charge in [0, 0.05) is 19.3 Å². The summed E-state index contributed by atoms with van der Waals surface area (Å²) < 4.78 is 4.84. The van der Waals surface area contributed by atoms with Gasteiger partial charge in [-0.25, -0.2) is 0 Å². The zero-order valence-corrected chi connectivity index (χ0v) is 5.52. The fourth-order valence-electron chi connectivity index (χ4n) is 0.524. The van der Waals surface area contributed by atoms with Gasteiger partial charge in [0.1, 0.15) is 0 Å². The van der Waals surface area contributed by atoms with Gasteiger partial charge in [-0.1, -0.05) is 6.92 Å². The van der Waals surface area contributed by atoms with E-state index in [1.54, 1.807) is 6.92 Å². The molecule has 1 saturated carbocycles. The summed E-state index contributed by atoms with van der Waals surface area (Å²) in [4.78, 5) is 10.6. The maximum atomic E-state index is 10.6. The first-order chi connectivity index (χ1) is 4.16. The van der Waals surface area contributed by atoms with Crippen molar-refractivity contribution < 1.29 is 9.53 Å². The molecule has 0 radical (unpaired) electrons. The number of carbonyl (C=O) groups is 1. The van der Waals surface area contributed by atoms with Crippen molar-refractivity contribution in [3.63, 3.8) is 0 Å². The molecule has 3 heteroatoms. The molecule has 1 aliphatic carbocycles. The standard InChI is InChI=1S/C6H11NO2/c1-2-5(8)9-6(7)3-4-6/h2-4,7H2,1H3. The topological polar surface area (TPSA) is 52.3 Å². The van der Waals surface area contributed by atoms with Crippen molar-refractivity contribution >= 4 is 5.97 Å². The minimum Gasteiger partial charge on any atom is -0.444 e. The van der Waals surface area contributed by atoms with E-state index < -0.39 is 5.72 Å². The fourth-order valence-corrected chi connectivity index (χ4v) is 0.524. The minimum atomic E-state index is -0.576. The van der Waals surface area contributed by atoms with Gasteiger partial charge in [-0.05, 0) is 0 Å². The molecule has 0 bridgehead atoms. The largest absolute Gasteiger partial charge is 0.444 e. The second-order valence-corrected chi connectivity index (χ2v) is 2.39. The number of carbonyl (C=O) groups excluding carboxylic acids is 1. The molecule has 1 fully saturated rings. The molecule has 3 nitrogen and oxygen atoms in total. The molecule has 0 amide bonds. The van der Waals surface area contributed by atoms with Crippen LogP contribution in [0.1, 0.15) is 26.2 Å². The highest BCUT2D eigenvalue weighted by Gasteiger charge is 2.42. The number of hydrogen-bond donors (Lipinski definition) is 1. The van der Waals surface area contributed by atoms with Gasteiger partial charge in [0.05, 0.1) is 0 Å². The predicted octanol–water partition coefficient (Wildman–Crippen LogP) is 0.388. The van der Waals surface area contributed by atoms with Crippen LogP contribution in [-0.2, 0) is 9.53 Å². The Bertz CT molecular complexity index is 129. The van der Waals surface area contributed by atoms with E-state index in [0.717, 1.165) is 12.8 Å². The maximum Gasteiger partial charge on any atom is 0.307 e. The Labute approximate surface area is 54.2 Å². The lowest BCUT2D eigenvalue weighted by molar-refractivity contribution is -0.150. The molecule has 9 heavy (non-hydrogen) atoms. The monoisotopic (exact) mass is 129 g/mol. The number of rotatable bonds is 2. The molecule has 1 aliphatic rings. The third-order valence-corrected chi connectivity index (χ3v) is 1.35. The number of hydrogen-bond acceptors (Lipinski definition) is 3. The maximum absolute atomic E-state index is 10.6. The summed E-state index contributed by atoms with van der Waals surface area (Å²) in [5, 5.41) is 0. The van der Waals surface area contributed by atoms with Crippen LogP contribution in [0.2, 0.25) is 0 Å². The third-order valence-electron chi connectivity index (χ3n) is 1.35. The van der Waals surface area contributed by atoms with E-state index in [-0.39, 0.29) is 5.97 Å². The molecule has 0 aromatic rings. The van der Waals surface area contributed by atoms with Crippen molar-refractivity contribution in [1.29, 1.82) is 0 Å². The number of esters is 1. The van der Waals surface area contributed by atoms with Gasteiger partial charge < -0.3 is 4.74 Å². The lowest BCUT2D eigenvalue weighted by atomic mass is 10.5. The van der Waals surface area contributed by atoms with E-state index in [2.05, 4.69) is 0 Å². The smallest absolute Gasteiger partial charge is 0.307 e. The van der Waals surface area contributed by atoms with Crippen molar-refractivity contribution in [2.24, 2.45) is 5.73 Å². The van der Waals surface area contributed by atoms with Crippen LogP contribution >= 0.6 is 0 Å². The van der Waals surface area contributed by atoms with E-state index >= 15 is 0 Å². The summed E-state index contributed by atoms with van der Waals surface area (Å²) in [6.45, 7) is 1.76. The zero-order valence-electron chi connectivity index (χ0n) is 5.52. The molecule has 52 valence electrons. The Morgan fingerprint density at radius 2 is 2.33 bits per heavy atom. The summed E-state index contributed by atoms with van der Waals surface area (Å²) >= 11 is 0. The van der Waals surface area contributed by atoms with Crippen molar-refractivity contribution in [3.05, 3.63) is 0 Å². The fraction of sp³-hybridized carbons (Fsp3) is 0.833. The second kappa shape index (κ2) is 1.99. The van der Waals surface area contributed by atoms with Gasteiger partial charge in [-0.2, -0.15) is 0 Å². The first kappa shape index (κ1) is 6.55. The summed E-state index contributed by atoms with van der Waals surface area (Å²) in [5.41, 5.74) is 4.90. The highest BCUT2D eigenvalue weighted by Crippen LogP contribution is 2.33. The lowest BCUT2D eigenvalue weighted by Gasteiger charge is -2.08. The average Bonchev–Trinajstić information content (AvgIpc) is 2.48. The summed E-state index contributed by atoms with van der Waals surface area (Å²) in [6.07, 6.45) is 2.05. The Morgan fingerprint density at radius 1 is 1.78 bits per heavy atom. The number of nitrogens with two attached hydrogens (primary N) is 1. The highest BCUT2D eigenvalue weighted by molar-refractivity contribution is 5.69. The Balaban J connectivity index is 2.25. The Hall–Kier alpha value is -0.570.